The average molecular weight is 341 g/mol. The quantitative estimate of drug-likeness (QED) is 0.826. The Labute approximate surface area is 126 Å². The van der Waals surface area contributed by atoms with E-state index < -0.39 is 5.82 Å². The van der Waals surface area contributed by atoms with E-state index in [0.29, 0.717) is 13.1 Å². The molecule has 108 valence electrons. The highest BCUT2D eigenvalue weighted by atomic mass is 79.9. The van der Waals surface area contributed by atoms with Gasteiger partial charge in [0, 0.05) is 36.7 Å². The first kappa shape index (κ1) is 14.0. The molecule has 0 atom stereocenters. The molecule has 1 amide bonds. The Morgan fingerprint density at radius 2 is 2.00 bits per heavy atom. The van der Waals surface area contributed by atoms with Gasteiger partial charge in [0.25, 0.3) is 5.91 Å². The van der Waals surface area contributed by atoms with Crippen molar-refractivity contribution in [2.24, 2.45) is 0 Å². The highest BCUT2D eigenvalue weighted by molar-refractivity contribution is 9.10. The molecule has 0 N–H and O–H groups in total. The van der Waals surface area contributed by atoms with Crippen molar-refractivity contribution in [1.29, 1.82) is 0 Å². The molecule has 2 aliphatic rings. The lowest BCUT2D eigenvalue weighted by Crippen LogP contribution is -2.36. The van der Waals surface area contributed by atoms with Crippen LogP contribution in [0, 0.1) is 5.82 Å². The third-order valence-corrected chi connectivity index (χ3v) is 4.53. The maximum Gasteiger partial charge on any atom is 0.256 e. The van der Waals surface area contributed by atoms with E-state index in [-0.39, 0.29) is 11.5 Å². The van der Waals surface area contributed by atoms with Crippen LogP contribution in [0.15, 0.2) is 22.7 Å². The monoisotopic (exact) mass is 340 g/mol. The van der Waals surface area contributed by atoms with Crippen molar-refractivity contribution in [2.75, 3.05) is 26.2 Å². The number of amides is 1. The van der Waals surface area contributed by atoms with Crippen LogP contribution in [-0.4, -0.2) is 47.9 Å². The van der Waals surface area contributed by atoms with Gasteiger partial charge in [-0.15, -0.1) is 0 Å². The summed E-state index contributed by atoms with van der Waals surface area (Å²) in [6.07, 6.45) is 3.54. The molecule has 1 aromatic rings. The first-order chi connectivity index (χ1) is 9.65. The van der Waals surface area contributed by atoms with Crippen molar-refractivity contribution in [3.8, 4) is 0 Å². The number of carbonyl (C=O) groups excluding carboxylic acids is 1. The summed E-state index contributed by atoms with van der Waals surface area (Å²) in [6, 6.07) is 5.25. The Hall–Kier alpha value is -0.940. The van der Waals surface area contributed by atoms with Crippen LogP contribution in [0.5, 0.6) is 0 Å². The number of hydrogen-bond acceptors (Lipinski definition) is 2. The van der Waals surface area contributed by atoms with Crippen molar-refractivity contribution in [2.45, 2.75) is 25.3 Å². The van der Waals surface area contributed by atoms with Gasteiger partial charge in [0.15, 0.2) is 0 Å². The predicted molar refractivity (Wildman–Crippen MR) is 79.2 cm³/mol. The maximum absolute atomic E-state index is 13.8. The number of benzene rings is 1. The van der Waals surface area contributed by atoms with E-state index >= 15 is 0 Å². The van der Waals surface area contributed by atoms with E-state index in [0.717, 1.165) is 30.0 Å². The highest BCUT2D eigenvalue weighted by Crippen LogP contribution is 2.27. The van der Waals surface area contributed by atoms with Crippen LogP contribution in [0.25, 0.3) is 0 Å². The van der Waals surface area contributed by atoms with Gasteiger partial charge < -0.3 is 4.90 Å². The van der Waals surface area contributed by atoms with Gasteiger partial charge in [0.2, 0.25) is 0 Å². The lowest BCUT2D eigenvalue weighted by atomic mass is 10.2. The molecule has 2 fully saturated rings. The minimum Gasteiger partial charge on any atom is -0.337 e. The second kappa shape index (κ2) is 5.82. The fraction of sp³-hybridized carbons (Fsp3) is 0.533. The molecule has 1 aliphatic carbocycles. The van der Waals surface area contributed by atoms with Crippen LogP contribution < -0.4 is 0 Å². The Morgan fingerprint density at radius 3 is 2.75 bits per heavy atom. The van der Waals surface area contributed by atoms with E-state index in [1.807, 2.05) is 0 Å². The van der Waals surface area contributed by atoms with Crippen molar-refractivity contribution < 1.29 is 9.18 Å². The van der Waals surface area contributed by atoms with Crippen LogP contribution in [0.1, 0.15) is 29.6 Å². The lowest BCUT2D eigenvalue weighted by Gasteiger charge is -2.22. The van der Waals surface area contributed by atoms with Crippen molar-refractivity contribution >= 4 is 21.8 Å². The zero-order chi connectivity index (χ0) is 14.1. The molecule has 3 nitrogen and oxygen atoms in total. The molecule has 0 aromatic heterocycles. The summed E-state index contributed by atoms with van der Waals surface area (Å²) < 4.78 is 14.5. The summed E-state index contributed by atoms with van der Waals surface area (Å²) >= 11 is 3.30. The van der Waals surface area contributed by atoms with Gasteiger partial charge in [-0.25, -0.2) is 4.39 Å². The Kier molecular flexibility index (Phi) is 4.08. The van der Waals surface area contributed by atoms with E-state index in [4.69, 9.17) is 0 Å². The molecule has 0 unspecified atom stereocenters. The highest BCUT2D eigenvalue weighted by Gasteiger charge is 2.31. The van der Waals surface area contributed by atoms with Gasteiger partial charge in [-0.05, 0) is 37.5 Å². The SMILES string of the molecule is O=C(c1cc(Br)ccc1F)N1CCCN(C2CC2)CC1. The maximum atomic E-state index is 13.8. The van der Waals surface area contributed by atoms with Gasteiger partial charge in [0.05, 0.1) is 5.56 Å². The standard InChI is InChI=1S/C15H18BrFN2O/c16-11-2-5-14(17)13(10-11)15(20)19-7-1-6-18(8-9-19)12-3-4-12/h2,5,10,12H,1,3-4,6-9H2. The minimum absolute atomic E-state index is 0.166. The summed E-state index contributed by atoms with van der Waals surface area (Å²) in [5.41, 5.74) is 0.166. The van der Waals surface area contributed by atoms with Gasteiger partial charge in [0.1, 0.15) is 5.82 Å². The summed E-state index contributed by atoms with van der Waals surface area (Å²) in [5, 5.41) is 0. The zero-order valence-corrected chi connectivity index (χ0v) is 12.9. The van der Waals surface area contributed by atoms with Gasteiger partial charge in [-0.3, -0.25) is 9.69 Å². The third-order valence-electron chi connectivity index (χ3n) is 4.04. The average Bonchev–Trinajstić information content (AvgIpc) is 3.25. The first-order valence-corrected chi connectivity index (χ1v) is 7.93. The van der Waals surface area contributed by atoms with E-state index in [9.17, 15) is 9.18 Å². The second-order valence-electron chi connectivity index (χ2n) is 5.54. The molecule has 1 aromatic carbocycles. The van der Waals surface area contributed by atoms with E-state index in [1.54, 1.807) is 17.0 Å². The second-order valence-corrected chi connectivity index (χ2v) is 6.45. The summed E-state index contributed by atoms with van der Waals surface area (Å²) in [5.74, 6) is -0.636. The summed E-state index contributed by atoms with van der Waals surface area (Å²) in [4.78, 5) is 16.7. The van der Waals surface area contributed by atoms with Crippen molar-refractivity contribution in [3.05, 3.63) is 34.1 Å². The molecular weight excluding hydrogens is 323 g/mol. The summed E-state index contributed by atoms with van der Waals surface area (Å²) in [7, 11) is 0. The molecule has 3 rings (SSSR count). The number of halogens is 2. The zero-order valence-electron chi connectivity index (χ0n) is 11.3. The topological polar surface area (TPSA) is 23.6 Å². The lowest BCUT2D eigenvalue weighted by molar-refractivity contribution is 0.0756. The minimum atomic E-state index is -0.443. The Balaban J connectivity index is 1.71. The molecule has 5 heteroatoms. The largest absolute Gasteiger partial charge is 0.337 e. The molecule has 1 heterocycles. The van der Waals surface area contributed by atoms with Gasteiger partial charge >= 0.3 is 0 Å². The molecule has 0 bridgehead atoms. The van der Waals surface area contributed by atoms with E-state index in [1.165, 1.54) is 18.9 Å². The number of carbonyl (C=O) groups is 1. The summed E-state index contributed by atoms with van der Waals surface area (Å²) in [6.45, 7) is 3.37. The normalized spacial score (nSPS) is 20.8. The van der Waals surface area contributed by atoms with E-state index in [2.05, 4.69) is 20.8 Å². The first-order valence-electron chi connectivity index (χ1n) is 7.13. The predicted octanol–water partition coefficient (Wildman–Crippen LogP) is 2.90. The Bertz CT molecular complexity index is 519. The Morgan fingerprint density at radius 1 is 1.20 bits per heavy atom. The van der Waals surface area contributed by atoms with Crippen LogP contribution in [-0.2, 0) is 0 Å². The van der Waals surface area contributed by atoms with Gasteiger partial charge in [-0.2, -0.15) is 0 Å². The van der Waals surface area contributed by atoms with Crippen molar-refractivity contribution in [3.63, 3.8) is 0 Å². The smallest absolute Gasteiger partial charge is 0.256 e. The van der Waals surface area contributed by atoms with Crippen LogP contribution in [0.4, 0.5) is 4.39 Å². The number of nitrogens with zero attached hydrogens (tertiary/aromatic N) is 2. The third kappa shape index (κ3) is 3.04. The van der Waals surface area contributed by atoms with Crippen molar-refractivity contribution in [1.82, 2.24) is 9.80 Å². The molecule has 20 heavy (non-hydrogen) atoms. The number of hydrogen-bond donors (Lipinski definition) is 0. The molecule has 1 saturated carbocycles. The molecule has 0 spiro atoms. The van der Waals surface area contributed by atoms with Crippen LogP contribution in [0.3, 0.4) is 0 Å². The fourth-order valence-corrected chi connectivity index (χ4v) is 3.14. The molecule has 0 radical (unpaired) electrons. The molecule has 1 aliphatic heterocycles. The van der Waals surface area contributed by atoms with Crippen LogP contribution >= 0.6 is 15.9 Å². The number of rotatable bonds is 2. The van der Waals surface area contributed by atoms with Gasteiger partial charge in [-0.1, -0.05) is 15.9 Å². The fourth-order valence-electron chi connectivity index (χ4n) is 2.78. The van der Waals surface area contributed by atoms with Crippen LogP contribution in [0.2, 0.25) is 0 Å². The molecule has 1 saturated heterocycles. The molecular formula is C15H18BrFN2O.